The van der Waals surface area contributed by atoms with Gasteiger partial charge < -0.3 is 18.6 Å². The van der Waals surface area contributed by atoms with Gasteiger partial charge in [-0.05, 0) is 185 Å². The third-order valence-electron chi connectivity index (χ3n) is 17.4. The predicted molar refractivity (Wildman–Crippen MR) is 390 cm³/mol. The Bertz CT molecular complexity index is 5930. The molecule has 0 unspecified atom stereocenters. The standard InChI is InChI=1S/C44H27NOS2.C38H23NOS2/c1-2-8-32(9-3-1)45(33-20-14-28(15-21-33)30-19-25-41-38(26-30)35-10-5-7-13-40(35)47-41)34-22-16-29(17-23-34)31-18-24-37-42(27-31)48-44-36-11-4-6-12-39(36)46-43(37)44;1-2-10-26(11-3-1)39(28-18-20-35-32(23-28)29-13-5-7-16-34(29)41-35)27-12-8-9-24(21-27)25-17-19-31-36(22-25)42-38-30-14-4-6-15-33(30)40-37(31)38/h1-27H;1-23H. The van der Waals surface area contributed by atoms with Gasteiger partial charge in [0.05, 0.1) is 9.40 Å². The molecule has 424 valence electrons. The summed E-state index contributed by atoms with van der Waals surface area (Å²) < 4.78 is 22.7. The number of nitrogens with zero attached hydrogens (tertiary/aromatic N) is 2. The van der Waals surface area contributed by atoms with Gasteiger partial charge in [0.15, 0.2) is 11.2 Å². The fourth-order valence-electron chi connectivity index (χ4n) is 13.0. The van der Waals surface area contributed by atoms with Gasteiger partial charge in [-0.25, -0.2) is 0 Å². The zero-order chi connectivity index (χ0) is 59.2. The minimum Gasteiger partial charge on any atom is -0.454 e. The normalized spacial score (nSPS) is 11.8. The molecule has 0 atom stereocenters. The number of thiophene rings is 4. The number of benzene rings is 13. The molecule has 19 aromatic rings. The first kappa shape index (κ1) is 52.5. The first-order valence-electron chi connectivity index (χ1n) is 30.1. The average molecular weight is 1220 g/mol. The minimum absolute atomic E-state index is 0.950. The molecule has 0 bridgehead atoms. The zero-order valence-corrected chi connectivity index (χ0v) is 51.5. The minimum atomic E-state index is 0.950. The van der Waals surface area contributed by atoms with Gasteiger partial charge in [0.1, 0.15) is 11.2 Å². The Morgan fingerprint density at radius 1 is 0.200 bits per heavy atom. The SMILES string of the molecule is c1ccc(N(c2ccc(-c3ccc4c(c3)sc3c5ccccc5oc43)cc2)c2ccc(-c3ccc4sc5ccccc5c4c3)cc2)cc1.c1ccc(N(c2cccc(-c3ccc4c(c3)sc3c5ccccc5oc43)c2)c2ccc3sc4ccccc4c3c2)cc1. The van der Waals surface area contributed by atoms with Crippen molar-refractivity contribution >= 4 is 182 Å². The Morgan fingerprint density at radius 2 is 0.567 bits per heavy atom. The molecule has 0 aliphatic heterocycles. The molecule has 0 fully saturated rings. The van der Waals surface area contributed by atoms with Crippen LogP contribution in [-0.2, 0) is 0 Å². The Labute approximate surface area is 533 Å². The molecule has 4 nitrogen and oxygen atoms in total. The van der Waals surface area contributed by atoms with Crippen LogP contribution in [0.25, 0.3) is 136 Å². The topological polar surface area (TPSA) is 32.8 Å². The van der Waals surface area contributed by atoms with Crippen molar-refractivity contribution in [1.82, 2.24) is 0 Å². The summed E-state index contributed by atoms with van der Waals surface area (Å²) in [6.45, 7) is 0. The van der Waals surface area contributed by atoms with E-state index in [2.05, 4.69) is 289 Å². The van der Waals surface area contributed by atoms with Crippen LogP contribution in [-0.4, -0.2) is 0 Å². The van der Waals surface area contributed by atoms with Crippen LogP contribution in [0.4, 0.5) is 34.1 Å². The van der Waals surface area contributed by atoms with Crippen molar-refractivity contribution in [2.24, 2.45) is 0 Å². The number of furan rings is 2. The fourth-order valence-corrected chi connectivity index (χ4v) is 17.6. The highest BCUT2D eigenvalue weighted by Crippen LogP contribution is 2.47. The van der Waals surface area contributed by atoms with E-state index in [1.54, 1.807) is 0 Å². The van der Waals surface area contributed by atoms with Crippen LogP contribution >= 0.6 is 45.3 Å². The molecular formula is C82H50N2O2S4. The Hall–Kier alpha value is -10.6. The highest BCUT2D eigenvalue weighted by Gasteiger charge is 2.20. The van der Waals surface area contributed by atoms with E-state index in [1.807, 2.05) is 69.6 Å². The van der Waals surface area contributed by atoms with Crippen molar-refractivity contribution in [3.8, 4) is 33.4 Å². The molecule has 0 saturated carbocycles. The van der Waals surface area contributed by atoms with Crippen LogP contribution in [0.2, 0.25) is 0 Å². The highest BCUT2D eigenvalue weighted by molar-refractivity contribution is 7.27. The second-order valence-electron chi connectivity index (χ2n) is 22.7. The fraction of sp³-hybridized carbons (Fsp3) is 0. The summed E-state index contributed by atoms with van der Waals surface area (Å²) in [7, 11) is 0. The Morgan fingerprint density at radius 3 is 1.12 bits per heavy atom. The summed E-state index contributed by atoms with van der Waals surface area (Å²) in [6, 6.07) is 109. The number of hydrogen-bond acceptors (Lipinski definition) is 8. The van der Waals surface area contributed by atoms with Crippen LogP contribution in [0, 0.1) is 0 Å². The molecular weight excluding hydrogens is 1170 g/mol. The van der Waals surface area contributed by atoms with Crippen LogP contribution in [0.3, 0.4) is 0 Å². The van der Waals surface area contributed by atoms with Crippen molar-refractivity contribution in [2.45, 2.75) is 0 Å². The lowest BCUT2D eigenvalue weighted by molar-refractivity contribution is 0.673. The maximum Gasteiger partial charge on any atom is 0.154 e. The lowest BCUT2D eigenvalue weighted by atomic mass is 10.0. The average Bonchev–Trinajstić information content (AvgIpc) is 2.35. The molecule has 0 saturated heterocycles. The molecule has 0 aliphatic rings. The van der Waals surface area contributed by atoms with Crippen LogP contribution in [0.5, 0.6) is 0 Å². The van der Waals surface area contributed by atoms with Gasteiger partial charge in [-0.15, -0.1) is 45.3 Å². The predicted octanol–water partition coefficient (Wildman–Crippen LogP) is 26.3. The third kappa shape index (κ3) is 9.06. The monoisotopic (exact) mass is 1220 g/mol. The van der Waals surface area contributed by atoms with E-state index in [-0.39, 0.29) is 0 Å². The van der Waals surface area contributed by atoms with E-state index in [0.717, 1.165) is 56.5 Å². The maximum atomic E-state index is 6.26. The first-order chi connectivity index (χ1) is 44.6. The molecule has 0 N–H and O–H groups in total. The molecule has 0 amide bonds. The van der Waals surface area contributed by atoms with E-state index in [0.29, 0.717) is 0 Å². The van der Waals surface area contributed by atoms with E-state index >= 15 is 0 Å². The Balaban J connectivity index is 0.000000135. The molecule has 8 heteroatoms. The van der Waals surface area contributed by atoms with Gasteiger partial charge in [-0.3, -0.25) is 0 Å². The molecule has 0 spiro atoms. The van der Waals surface area contributed by atoms with E-state index in [4.69, 9.17) is 8.83 Å². The Kier molecular flexibility index (Phi) is 12.6. The second-order valence-corrected chi connectivity index (χ2v) is 27.0. The molecule has 0 radical (unpaired) electrons. The van der Waals surface area contributed by atoms with Crippen LogP contribution in [0.1, 0.15) is 0 Å². The molecule has 6 heterocycles. The first-order valence-corrected chi connectivity index (χ1v) is 33.4. The van der Waals surface area contributed by atoms with Gasteiger partial charge in [-0.2, -0.15) is 0 Å². The summed E-state index contributed by atoms with van der Waals surface area (Å²) in [5.41, 5.74) is 17.9. The lowest BCUT2D eigenvalue weighted by Crippen LogP contribution is -2.09. The number of para-hydroxylation sites is 4. The summed E-state index contributed by atoms with van der Waals surface area (Å²) in [4.78, 5) is 4.68. The van der Waals surface area contributed by atoms with Crippen LogP contribution in [0.15, 0.2) is 312 Å². The largest absolute Gasteiger partial charge is 0.454 e. The zero-order valence-electron chi connectivity index (χ0n) is 48.2. The van der Waals surface area contributed by atoms with Gasteiger partial charge in [0, 0.05) is 105 Å². The van der Waals surface area contributed by atoms with E-state index < -0.39 is 0 Å². The quantitative estimate of drug-likeness (QED) is 0.144. The van der Waals surface area contributed by atoms with Crippen molar-refractivity contribution in [2.75, 3.05) is 9.80 Å². The van der Waals surface area contributed by atoms with Crippen LogP contribution < -0.4 is 9.80 Å². The van der Waals surface area contributed by atoms with Crippen molar-refractivity contribution in [3.05, 3.63) is 303 Å². The van der Waals surface area contributed by atoms with Crippen molar-refractivity contribution in [1.29, 1.82) is 0 Å². The summed E-state index contributed by atoms with van der Waals surface area (Å²) in [6.07, 6.45) is 0. The molecule has 90 heavy (non-hydrogen) atoms. The molecule has 6 aromatic heterocycles. The number of hydrogen-bond donors (Lipinski definition) is 0. The van der Waals surface area contributed by atoms with Gasteiger partial charge >= 0.3 is 0 Å². The molecule has 0 aliphatic carbocycles. The number of fused-ring (bicyclic) bond motifs is 16. The molecule has 13 aromatic carbocycles. The van der Waals surface area contributed by atoms with Crippen molar-refractivity contribution in [3.63, 3.8) is 0 Å². The number of anilines is 6. The third-order valence-corrected chi connectivity index (χ3v) is 22.0. The summed E-state index contributed by atoms with van der Waals surface area (Å²) in [5.74, 6) is 0. The summed E-state index contributed by atoms with van der Waals surface area (Å²) >= 11 is 7.33. The van der Waals surface area contributed by atoms with Gasteiger partial charge in [0.2, 0.25) is 0 Å². The second kappa shape index (κ2) is 21.6. The van der Waals surface area contributed by atoms with E-state index in [1.165, 1.54) is 114 Å². The highest BCUT2D eigenvalue weighted by atomic mass is 32.1. The van der Waals surface area contributed by atoms with E-state index in [9.17, 15) is 0 Å². The van der Waals surface area contributed by atoms with Crippen molar-refractivity contribution < 1.29 is 8.83 Å². The summed E-state index contributed by atoms with van der Waals surface area (Å²) in [5, 5.41) is 9.98. The molecule has 19 rings (SSSR count). The van der Waals surface area contributed by atoms with Gasteiger partial charge in [-0.1, -0.05) is 152 Å². The number of rotatable bonds is 9. The lowest BCUT2D eigenvalue weighted by Gasteiger charge is -2.26. The smallest absolute Gasteiger partial charge is 0.154 e. The van der Waals surface area contributed by atoms with Gasteiger partial charge in [0.25, 0.3) is 0 Å². The maximum absolute atomic E-state index is 6.26.